The third-order valence-electron chi connectivity index (χ3n) is 4.93. The number of rotatable bonds is 6. The molecule has 0 aliphatic carbocycles. The van der Waals surface area contributed by atoms with Crippen LogP contribution in [0.15, 0.2) is 59.0 Å². The van der Waals surface area contributed by atoms with Gasteiger partial charge in [-0.2, -0.15) is 0 Å². The van der Waals surface area contributed by atoms with Gasteiger partial charge in [-0.1, -0.05) is 49.2 Å². The standard InChI is InChI=1S/C24H22Cl2N2O3S/c1-3-14(2)15-7-10-20(29)19(13-15)27-24(32)28-22(30)12-9-16-8-11-21(31-16)17-5-4-6-18(25)23(17)26/h4-14,29H,3H2,1-2H3,(H2,27,28,30,32). The number of hydrogen-bond acceptors (Lipinski definition) is 4. The Kier molecular flexibility index (Phi) is 7.96. The molecule has 1 amide bonds. The highest BCUT2D eigenvalue weighted by atomic mass is 35.5. The summed E-state index contributed by atoms with van der Waals surface area (Å²) >= 11 is 17.5. The fourth-order valence-electron chi connectivity index (χ4n) is 2.94. The maximum absolute atomic E-state index is 12.2. The first kappa shape index (κ1) is 23.9. The lowest BCUT2D eigenvalue weighted by molar-refractivity contribution is -0.115. The lowest BCUT2D eigenvalue weighted by Gasteiger charge is -2.14. The molecule has 0 saturated carbocycles. The molecule has 2 aromatic carbocycles. The maximum Gasteiger partial charge on any atom is 0.250 e. The second kappa shape index (κ2) is 10.7. The molecular formula is C24H22Cl2N2O3S. The van der Waals surface area contributed by atoms with E-state index in [1.165, 1.54) is 12.2 Å². The Hall–Kier alpha value is -2.80. The Morgan fingerprint density at radius 1 is 1.22 bits per heavy atom. The zero-order valence-corrected chi connectivity index (χ0v) is 19.8. The van der Waals surface area contributed by atoms with Crippen molar-refractivity contribution in [3.05, 3.63) is 76.0 Å². The van der Waals surface area contributed by atoms with E-state index in [1.54, 1.807) is 36.4 Å². The molecule has 3 rings (SSSR count). The highest BCUT2D eigenvalue weighted by Crippen LogP contribution is 2.34. The highest BCUT2D eigenvalue weighted by Gasteiger charge is 2.11. The molecule has 0 aliphatic rings. The third-order valence-corrected chi connectivity index (χ3v) is 5.95. The minimum atomic E-state index is -0.446. The van der Waals surface area contributed by atoms with Gasteiger partial charge in [-0.3, -0.25) is 10.1 Å². The van der Waals surface area contributed by atoms with E-state index in [4.69, 9.17) is 39.8 Å². The average molecular weight is 489 g/mol. The van der Waals surface area contributed by atoms with Gasteiger partial charge in [-0.05, 0) is 72.6 Å². The minimum Gasteiger partial charge on any atom is -0.506 e. The van der Waals surface area contributed by atoms with Crippen molar-refractivity contribution in [1.29, 1.82) is 0 Å². The summed E-state index contributed by atoms with van der Waals surface area (Å²) in [6.07, 6.45) is 3.78. The van der Waals surface area contributed by atoms with Crippen molar-refractivity contribution < 1.29 is 14.3 Å². The van der Waals surface area contributed by atoms with E-state index in [0.29, 0.717) is 38.7 Å². The van der Waals surface area contributed by atoms with Gasteiger partial charge >= 0.3 is 0 Å². The number of carbonyl (C=O) groups is 1. The van der Waals surface area contributed by atoms with Crippen molar-refractivity contribution in [2.45, 2.75) is 26.2 Å². The van der Waals surface area contributed by atoms with Gasteiger partial charge in [0, 0.05) is 11.6 Å². The van der Waals surface area contributed by atoms with Crippen LogP contribution in [0.4, 0.5) is 5.69 Å². The molecule has 1 unspecified atom stereocenters. The molecular weight excluding hydrogens is 467 g/mol. The molecule has 1 heterocycles. The number of anilines is 1. The number of phenolic OH excluding ortho intramolecular Hbond substituents is 1. The van der Waals surface area contributed by atoms with E-state index >= 15 is 0 Å². The number of furan rings is 1. The number of benzene rings is 2. The van der Waals surface area contributed by atoms with Crippen LogP contribution in [0.1, 0.15) is 37.5 Å². The van der Waals surface area contributed by atoms with Gasteiger partial charge in [0.1, 0.15) is 17.3 Å². The Morgan fingerprint density at radius 2 is 2.00 bits per heavy atom. The van der Waals surface area contributed by atoms with Crippen LogP contribution < -0.4 is 10.6 Å². The minimum absolute atomic E-state index is 0.0481. The topological polar surface area (TPSA) is 74.5 Å². The summed E-state index contributed by atoms with van der Waals surface area (Å²) in [4.78, 5) is 12.2. The zero-order chi connectivity index (χ0) is 23.3. The predicted octanol–water partition coefficient (Wildman–Crippen LogP) is 7.00. The van der Waals surface area contributed by atoms with Crippen LogP contribution >= 0.6 is 35.4 Å². The Balaban J connectivity index is 1.62. The number of phenols is 1. The molecule has 1 atom stereocenters. The quantitative estimate of drug-likeness (QED) is 0.198. The monoisotopic (exact) mass is 488 g/mol. The van der Waals surface area contributed by atoms with Gasteiger partial charge in [0.25, 0.3) is 0 Å². The van der Waals surface area contributed by atoms with Gasteiger partial charge in [0.05, 0.1) is 15.7 Å². The van der Waals surface area contributed by atoms with Crippen LogP contribution in [0.3, 0.4) is 0 Å². The lowest BCUT2D eigenvalue weighted by atomic mass is 9.98. The van der Waals surface area contributed by atoms with Crippen LogP contribution in [0.5, 0.6) is 5.75 Å². The molecule has 32 heavy (non-hydrogen) atoms. The molecule has 0 bridgehead atoms. The molecule has 0 radical (unpaired) electrons. The van der Waals surface area contributed by atoms with E-state index in [2.05, 4.69) is 24.5 Å². The van der Waals surface area contributed by atoms with Crippen LogP contribution in [0, 0.1) is 0 Å². The Morgan fingerprint density at radius 3 is 2.75 bits per heavy atom. The van der Waals surface area contributed by atoms with Crippen LogP contribution in [0.25, 0.3) is 17.4 Å². The van der Waals surface area contributed by atoms with Gasteiger partial charge < -0.3 is 14.8 Å². The second-order valence-corrected chi connectivity index (χ2v) is 8.36. The first-order chi connectivity index (χ1) is 15.3. The van der Waals surface area contributed by atoms with Crippen LogP contribution in [-0.4, -0.2) is 16.1 Å². The average Bonchev–Trinajstić information content (AvgIpc) is 3.24. The molecule has 166 valence electrons. The summed E-state index contributed by atoms with van der Waals surface area (Å²) < 4.78 is 5.73. The van der Waals surface area contributed by atoms with E-state index in [0.717, 1.165) is 12.0 Å². The molecule has 0 fully saturated rings. The lowest BCUT2D eigenvalue weighted by Crippen LogP contribution is -2.32. The maximum atomic E-state index is 12.2. The summed E-state index contributed by atoms with van der Waals surface area (Å²) in [5.74, 6) is 0.934. The molecule has 8 heteroatoms. The van der Waals surface area contributed by atoms with Crippen LogP contribution in [-0.2, 0) is 4.79 Å². The first-order valence-electron chi connectivity index (χ1n) is 9.95. The summed E-state index contributed by atoms with van der Waals surface area (Å²) in [5.41, 5.74) is 2.16. The number of amides is 1. The normalized spacial score (nSPS) is 12.0. The van der Waals surface area contributed by atoms with Gasteiger partial charge in [-0.25, -0.2) is 0 Å². The fourth-order valence-corrected chi connectivity index (χ4v) is 3.55. The van der Waals surface area contributed by atoms with Crippen molar-refractivity contribution in [3.63, 3.8) is 0 Å². The summed E-state index contributed by atoms with van der Waals surface area (Å²) in [6.45, 7) is 4.19. The molecule has 0 saturated heterocycles. The molecule has 0 spiro atoms. The SMILES string of the molecule is CCC(C)c1ccc(O)c(NC(=S)NC(=O)C=Cc2ccc(-c3cccc(Cl)c3Cl)o2)c1. The van der Waals surface area contributed by atoms with Gasteiger partial charge in [-0.15, -0.1) is 0 Å². The summed E-state index contributed by atoms with van der Waals surface area (Å²) in [5, 5.41) is 16.4. The number of carbonyl (C=O) groups excluding carboxylic acids is 1. The van der Waals surface area contributed by atoms with Crippen molar-refractivity contribution in [2.24, 2.45) is 0 Å². The van der Waals surface area contributed by atoms with Gasteiger partial charge in [0.2, 0.25) is 5.91 Å². The largest absolute Gasteiger partial charge is 0.506 e. The molecule has 3 N–H and O–H groups in total. The highest BCUT2D eigenvalue weighted by molar-refractivity contribution is 7.80. The van der Waals surface area contributed by atoms with Crippen molar-refractivity contribution in [2.75, 3.05) is 5.32 Å². The number of hydrogen-bond donors (Lipinski definition) is 3. The van der Waals surface area contributed by atoms with Crippen LogP contribution in [0.2, 0.25) is 10.0 Å². The smallest absolute Gasteiger partial charge is 0.250 e. The van der Waals surface area contributed by atoms with E-state index < -0.39 is 5.91 Å². The molecule has 0 aliphatic heterocycles. The molecule has 5 nitrogen and oxygen atoms in total. The Labute approximate surface area is 202 Å². The van der Waals surface area contributed by atoms with Crippen molar-refractivity contribution in [3.8, 4) is 17.1 Å². The Bertz CT molecular complexity index is 1170. The third kappa shape index (κ3) is 5.91. The summed E-state index contributed by atoms with van der Waals surface area (Å²) in [6, 6.07) is 14.0. The number of aromatic hydroxyl groups is 1. The van der Waals surface area contributed by atoms with E-state index in [-0.39, 0.29) is 10.9 Å². The van der Waals surface area contributed by atoms with Crippen molar-refractivity contribution >= 4 is 58.2 Å². The number of thiocarbonyl (C=S) groups is 1. The molecule has 3 aromatic rings. The first-order valence-corrected chi connectivity index (χ1v) is 11.1. The zero-order valence-electron chi connectivity index (χ0n) is 17.5. The van der Waals surface area contributed by atoms with Crippen molar-refractivity contribution in [1.82, 2.24) is 5.32 Å². The number of nitrogens with one attached hydrogen (secondary N) is 2. The number of halogens is 2. The fraction of sp³-hybridized carbons (Fsp3) is 0.167. The summed E-state index contributed by atoms with van der Waals surface area (Å²) in [7, 11) is 0. The van der Waals surface area contributed by atoms with E-state index in [9.17, 15) is 9.90 Å². The second-order valence-electron chi connectivity index (χ2n) is 7.17. The predicted molar refractivity (Wildman–Crippen MR) is 134 cm³/mol. The van der Waals surface area contributed by atoms with E-state index in [1.807, 2.05) is 12.1 Å². The van der Waals surface area contributed by atoms with Gasteiger partial charge in [0.15, 0.2) is 5.11 Å². The molecule has 1 aromatic heterocycles.